The maximum atomic E-state index is 15.0. The van der Waals surface area contributed by atoms with Crippen LogP contribution in [-0.2, 0) is 19.3 Å². The van der Waals surface area contributed by atoms with Crippen molar-refractivity contribution in [2.24, 2.45) is 5.16 Å². The van der Waals surface area contributed by atoms with E-state index >= 15 is 0 Å². The molecule has 6 nitrogen and oxygen atoms in total. The van der Waals surface area contributed by atoms with Gasteiger partial charge in [0.25, 0.3) is 0 Å². The molecule has 1 heterocycles. The molecule has 0 unspecified atom stereocenters. The first-order chi connectivity index (χ1) is 11.8. The summed E-state index contributed by atoms with van der Waals surface area (Å²) in [5.41, 5.74) is -3.94. The van der Waals surface area contributed by atoms with E-state index < -0.39 is 18.8 Å². The maximum Gasteiger partial charge on any atom is 0.404 e. The second-order valence-electron chi connectivity index (χ2n) is 4.88. The van der Waals surface area contributed by atoms with Gasteiger partial charge in [0.15, 0.2) is 0 Å². The largest absolute Gasteiger partial charge is 0.411 e. The minimum absolute atomic E-state index is 0.0509. The lowest BCUT2D eigenvalue weighted by molar-refractivity contribution is 0.0355. The number of aromatic nitrogens is 1. The Labute approximate surface area is 151 Å². The van der Waals surface area contributed by atoms with Crippen molar-refractivity contribution in [1.82, 2.24) is 4.98 Å². The second kappa shape index (κ2) is 7.86. The van der Waals surface area contributed by atoms with Crippen LogP contribution in [0.2, 0.25) is 0 Å². The van der Waals surface area contributed by atoms with Crippen molar-refractivity contribution in [2.75, 3.05) is 13.2 Å². The smallest absolute Gasteiger partial charge is 0.404 e. The molecule has 2 rings (SSSR count). The lowest BCUT2D eigenvalue weighted by Crippen LogP contribution is -2.19. The molecule has 0 saturated heterocycles. The Kier molecular flexibility index (Phi) is 6.26. The topological polar surface area (TPSA) is 81.0 Å². The first-order valence-electron chi connectivity index (χ1n) is 7.34. The molecule has 10 heteroatoms. The predicted molar refractivity (Wildman–Crippen MR) is 93.6 cm³/mol. The molecule has 0 atom stereocenters. The van der Waals surface area contributed by atoms with Gasteiger partial charge in [-0.25, -0.2) is 4.98 Å². The highest BCUT2D eigenvalue weighted by Crippen LogP contribution is 2.67. The molecule has 0 aliphatic carbocycles. The van der Waals surface area contributed by atoms with Gasteiger partial charge in [-0.3, -0.25) is 4.57 Å². The van der Waals surface area contributed by atoms with Crippen molar-refractivity contribution in [1.29, 1.82) is 0 Å². The van der Waals surface area contributed by atoms with Gasteiger partial charge in [-0.05, 0) is 32.0 Å². The molecule has 25 heavy (non-hydrogen) atoms. The van der Waals surface area contributed by atoms with E-state index in [1.54, 1.807) is 12.1 Å². The number of fused-ring (bicyclic) bond motifs is 1. The Hall–Kier alpha value is -1.41. The molecule has 0 fully saturated rings. The number of nitrogens with zero attached hydrogens (tertiary/aromatic N) is 2. The molecule has 0 saturated carbocycles. The van der Waals surface area contributed by atoms with E-state index in [2.05, 4.69) is 26.1 Å². The van der Waals surface area contributed by atoms with Gasteiger partial charge in [-0.1, -0.05) is 27.2 Å². The average Bonchev–Trinajstić information content (AvgIpc) is 2.55. The fourth-order valence-corrected chi connectivity index (χ4v) is 4.53. The minimum Gasteiger partial charge on any atom is -0.411 e. The van der Waals surface area contributed by atoms with Gasteiger partial charge in [-0.2, -0.15) is 8.78 Å². The van der Waals surface area contributed by atoms with Crippen molar-refractivity contribution in [3.05, 3.63) is 40.0 Å². The zero-order valence-corrected chi connectivity index (χ0v) is 15.9. The molecule has 0 spiro atoms. The lowest BCUT2D eigenvalue weighted by Gasteiger charge is -2.26. The summed E-state index contributed by atoms with van der Waals surface area (Å²) in [5.74, 6) is 0. The molecule has 0 aliphatic rings. The van der Waals surface area contributed by atoms with Crippen LogP contribution in [0.1, 0.15) is 25.1 Å². The number of oxime groups is 1. The molecule has 0 bridgehead atoms. The summed E-state index contributed by atoms with van der Waals surface area (Å²) in [7, 11) is -4.73. The standard InChI is InChI=1S/C15H16BrF2N2O4P/c1-3-23-25(22,24-4-2)15(17,18)12-8-14-10(7-13(12)16)5-6-11(20-14)9-19-21/h5-9,21H,3-4H2,1-2H3/b19-9-. The fourth-order valence-electron chi connectivity index (χ4n) is 2.21. The first kappa shape index (κ1) is 19.9. The average molecular weight is 437 g/mol. The van der Waals surface area contributed by atoms with Crippen LogP contribution >= 0.6 is 23.5 Å². The Balaban J connectivity index is 2.64. The van der Waals surface area contributed by atoms with Gasteiger partial charge >= 0.3 is 13.3 Å². The van der Waals surface area contributed by atoms with Crippen LogP contribution in [0.3, 0.4) is 0 Å². The molecule has 0 radical (unpaired) electrons. The number of rotatable bonds is 7. The van der Waals surface area contributed by atoms with Crippen molar-refractivity contribution in [2.45, 2.75) is 19.5 Å². The van der Waals surface area contributed by atoms with Crippen LogP contribution in [0, 0.1) is 0 Å². The summed E-state index contributed by atoms with van der Waals surface area (Å²) >= 11 is 3.09. The van der Waals surface area contributed by atoms with Crippen molar-refractivity contribution >= 4 is 40.6 Å². The van der Waals surface area contributed by atoms with Crippen LogP contribution in [0.25, 0.3) is 10.9 Å². The third-order valence-corrected chi connectivity index (χ3v) is 6.04. The van der Waals surface area contributed by atoms with Gasteiger partial charge in [-0.15, -0.1) is 0 Å². The Morgan fingerprint density at radius 3 is 2.52 bits per heavy atom. The van der Waals surface area contributed by atoms with Crippen LogP contribution in [0.4, 0.5) is 8.78 Å². The molecule has 0 aliphatic heterocycles. The van der Waals surface area contributed by atoms with Gasteiger partial charge in [0.2, 0.25) is 0 Å². The van der Waals surface area contributed by atoms with E-state index in [4.69, 9.17) is 14.3 Å². The molecule has 1 N–H and O–H groups in total. The van der Waals surface area contributed by atoms with Crippen LogP contribution in [0.5, 0.6) is 0 Å². The van der Waals surface area contributed by atoms with Gasteiger partial charge in [0.05, 0.1) is 30.6 Å². The maximum absolute atomic E-state index is 15.0. The predicted octanol–water partition coefficient (Wildman–Crippen LogP) is 5.12. The number of hydrogen-bond donors (Lipinski definition) is 1. The Bertz CT molecular complexity index is 838. The van der Waals surface area contributed by atoms with Gasteiger partial charge in [0, 0.05) is 15.4 Å². The fraction of sp³-hybridized carbons (Fsp3) is 0.333. The van der Waals surface area contributed by atoms with Crippen LogP contribution in [-0.4, -0.2) is 29.6 Å². The monoisotopic (exact) mass is 436 g/mol. The van der Waals surface area contributed by atoms with E-state index in [-0.39, 0.29) is 28.9 Å². The molecular weight excluding hydrogens is 421 g/mol. The summed E-state index contributed by atoms with van der Waals surface area (Å²) in [6.45, 7) is 2.54. The van der Waals surface area contributed by atoms with E-state index in [0.29, 0.717) is 5.39 Å². The number of benzene rings is 1. The van der Waals surface area contributed by atoms with E-state index in [9.17, 15) is 13.3 Å². The van der Waals surface area contributed by atoms with Crippen molar-refractivity contribution in [3.63, 3.8) is 0 Å². The van der Waals surface area contributed by atoms with Gasteiger partial charge in [0.1, 0.15) is 0 Å². The third-order valence-electron chi connectivity index (χ3n) is 3.26. The van der Waals surface area contributed by atoms with Gasteiger partial charge < -0.3 is 14.3 Å². The molecule has 2 aromatic rings. The molecular formula is C15H16BrF2N2O4P. The number of hydrogen-bond acceptors (Lipinski definition) is 6. The molecule has 1 aromatic carbocycles. The summed E-state index contributed by atoms with van der Waals surface area (Å²) in [4.78, 5) is 4.12. The molecule has 1 aromatic heterocycles. The summed E-state index contributed by atoms with van der Waals surface area (Å²) < 4.78 is 52.2. The van der Waals surface area contributed by atoms with Crippen LogP contribution in [0.15, 0.2) is 33.9 Å². The van der Waals surface area contributed by atoms with E-state index in [1.807, 2.05) is 0 Å². The number of halogens is 3. The van der Waals surface area contributed by atoms with Crippen molar-refractivity contribution < 1.29 is 27.6 Å². The molecule has 0 amide bonds. The minimum atomic E-state index is -4.73. The normalized spacial score (nSPS) is 13.0. The quantitative estimate of drug-likeness (QED) is 0.282. The third kappa shape index (κ3) is 3.89. The Morgan fingerprint density at radius 2 is 1.96 bits per heavy atom. The zero-order chi connectivity index (χ0) is 18.7. The lowest BCUT2D eigenvalue weighted by atomic mass is 10.1. The zero-order valence-electron chi connectivity index (χ0n) is 13.4. The van der Waals surface area contributed by atoms with Crippen LogP contribution < -0.4 is 0 Å². The van der Waals surface area contributed by atoms with E-state index in [0.717, 1.165) is 12.3 Å². The first-order valence-corrected chi connectivity index (χ1v) is 9.67. The second-order valence-corrected chi connectivity index (χ2v) is 7.81. The SMILES string of the molecule is CCOP(=O)(OCC)C(F)(F)c1cc2nc(/C=N\O)ccc2cc1Br. The summed E-state index contributed by atoms with van der Waals surface area (Å²) in [6.07, 6.45) is 1.07. The molecule has 136 valence electrons. The highest BCUT2D eigenvalue weighted by molar-refractivity contribution is 9.10. The summed E-state index contributed by atoms with van der Waals surface area (Å²) in [5, 5.41) is 12.0. The summed E-state index contributed by atoms with van der Waals surface area (Å²) in [6, 6.07) is 5.75. The van der Waals surface area contributed by atoms with Crippen molar-refractivity contribution in [3.8, 4) is 0 Å². The highest BCUT2D eigenvalue weighted by Gasteiger charge is 2.55. The Morgan fingerprint density at radius 1 is 1.32 bits per heavy atom. The number of pyridine rings is 1. The number of alkyl halides is 2. The van der Waals surface area contributed by atoms with E-state index in [1.165, 1.54) is 19.9 Å². The highest BCUT2D eigenvalue weighted by atomic mass is 79.9.